The summed E-state index contributed by atoms with van der Waals surface area (Å²) in [4.78, 5) is 30.0. The van der Waals surface area contributed by atoms with Gasteiger partial charge in [0.2, 0.25) is 5.96 Å². The summed E-state index contributed by atoms with van der Waals surface area (Å²) in [7, 11) is 0. The smallest absolute Gasteiger partial charge is 0.326 e. The van der Waals surface area contributed by atoms with E-state index in [1.165, 1.54) is 4.90 Å². The highest BCUT2D eigenvalue weighted by Gasteiger charge is 2.37. The Morgan fingerprint density at radius 2 is 2.05 bits per heavy atom. The van der Waals surface area contributed by atoms with Gasteiger partial charge in [0.15, 0.2) is 0 Å². The van der Waals surface area contributed by atoms with E-state index in [0.717, 1.165) is 5.69 Å². The second-order valence-corrected chi connectivity index (χ2v) is 5.36. The maximum atomic E-state index is 12.5. The summed E-state index contributed by atoms with van der Waals surface area (Å²) in [6, 6.07) is 8.95. The Kier molecular flexibility index (Phi) is 5.14. The number of esters is 1. The fourth-order valence-electron chi connectivity index (χ4n) is 2.19. The lowest BCUT2D eigenvalue weighted by Crippen LogP contribution is -2.43. The summed E-state index contributed by atoms with van der Waals surface area (Å²) in [6.07, 6.45) is 0. The highest BCUT2D eigenvalue weighted by Crippen LogP contribution is 2.19. The molecule has 0 saturated heterocycles. The van der Waals surface area contributed by atoms with Crippen LogP contribution in [0.1, 0.15) is 20.8 Å². The van der Waals surface area contributed by atoms with Gasteiger partial charge in [0.05, 0.1) is 6.61 Å². The molecule has 6 heteroatoms. The van der Waals surface area contributed by atoms with Crippen molar-refractivity contribution < 1.29 is 14.3 Å². The van der Waals surface area contributed by atoms with Gasteiger partial charge in [-0.2, -0.15) is 0 Å². The molecule has 1 aromatic rings. The first-order valence-corrected chi connectivity index (χ1v) is 7.39. The molecule has 22 heavy (non-hydrogen) atoms. The number of aliphatic imine (C=N–C) groups is 1. The number of hydrogen-bond donors (Lipinski definition) is 1. The number of anilines is 1. The van der Waals surface area contributed by atoms with Gasteiger partial charge in [-0.05, 0) is 25.0 Å². The molecule has 0 aliphatic carbocycles. The van der Waals surface area contributed by atoms with E-state index in [1.807, 2.05) is 44.2 Å². The second-order valence-electron chi connectivity index (χ2n) is 5.36. The molecule has 0 radical (unpaired) electrons. The van der Waals surface area contributed by atoms with E-state index < -0.39 is 12.0 Å². The van der Waals surface area contributed by atoms with Gasteiger partial charge >= 0.3 is 5.97 Å². The van der Waals surface area contributed by atoms with E-state index in [9.17, 15) is 9.59 Å². The van der Waals surface area contributed by atoms with E-state index in [-0.39, 0.29) is 25.0 Å². The van der Waals surface area contributed by atoms with E-state index >= 15 is 0 Å². The number of rotatable bonds is 5. The van der Waals surface area contributed by atoms with Gasteiger partial charge in [-0.1, -0.05) is 32.0 Å². The average molecular weight is 303 g/mol. The summed E-state index contributed by atoms with van der Waals surface area (Å²) >= 11 is 0. The Balaban J connectivity index is 2.19. The zero-order chi connectivity index (χ0) is 16.1. The number of nitrogens with one attached hydrogen (secondary N) is 1. The number of carbonyl (C=O) groups excluding carboxylic acids is 2. The Hall–Kier alpha value is -2.37. The third kappa shape index (κ3) is 3.63. The minimum absolute atomic E-state index is 0.0623. The third-order valence-corrected chi connectivity index (χ3v) is 3.29. The Morgan fingerprint density at radius 1 is 1.36 bits per heavy atom. The fraction of sp³-hybridized carbons (Fsp3) is 0.438. The molecule has 0 unspecified atom stereocenters. The highest BCUT2D eigenvalue weighted by molar-refractivity contribution is 6.11. The zero-order valence-electron chi connectivity index (χ0n) is 13.1. The van der Waals surface area contributed by atoms with Gasteiger partial charge in [0, 0.05) is 5.69 Å². The van der Waals surface area contributed by atoms with Gasteiger partial charge in [-0.25, -0.2) is 4.99 Å². The Labute approximate surface area is 130 Å². The van der Waals surface area contributed by atoms with Crippen LogP contribution in [0.2, 0.25) is 0 Å². The topological polar surface area (TPSA) is 71.0 Å². The number of benzene rings is 1. The van der Waals surface area contributed by atoms with Crippen LogP contribution < -0.4 is 5.32 Å². The molecule has 2 rings (SSSR count). The number of amides is 1. The van der Waals surface area contributed by atoms with Crippen LogP contribution in [0.25, 0.3) is 0 Å². The maximum Gasteiger partial charge on any atom is 0.326 e. The maximum absolute atomic E-state index is 12.5. The molecule has 1 atom stereocenters. The van der Waals surface area contributed by atoms with Gasteiger partial charge in [0.25, 0.3) is 5.91 Å². The SMILES string of the molecule is CCOC(=O)CN1C(=O)[C@H](C(C)C)N=C1Nc1ccccc1. The zero-order valence-corrected chi connectivity index (χ0v) is 13.1. The molecule has 1 heterocycles. The summed E-state index contributed by atoms with van der Waals surface area (Å²) in [5.41, 5.74) is 0.812. The van der Waals surface area contributed by atoms with Crippen LogP contribution in [0.4, 0.5) is 5.69 Å². The lowest BCUT2D eigenvalue weighted by Gasteiger charge is -2.19. The Bertz CT molecular complexity index is 569. The summed E-state index contributed by atoms with van der Waals surface area (Å²) in [5, 5.41) is 3.10. The van der Waals surface area contributed by atoms with Crippen molar-refractivity contribution in [3.05, 3.63) is 30.3 Å². The van der Waals surface area contributed by atoms with Crippen LogP contribution in [0.3, 0.4) is 0 Å². The lowest BCUT2D eigenvalue weighted by atomic mass is 10.1. The normalized spacial score (nSPS) is 17.6. The molecule has 0 spiro atoms. The van der Waals surface area contributed by atoms with Crippen molar-refractivity contribution in [3.63, 3.8) is 0 Å². The van der Waals surface area contributed by atoms with Crippen LogP contribution in [-0.4, -0.2) is 41.9 Å². The van der Waals surface area contributed by atoms with Crippen LogP contribution in [0.5, 0.6) is 0 Å². The highest BCUT2D eigenvalue weighted by atomic mass is 16.5. The van der Waals surface area contributed by atoms with Crippen molar-refractivity contribution in [2.45, 2.75) is 26.8 Å². The number of nitrogens with zero attached hydrogens (tertiary/aromatic N) is 2. The fourth-order valence-corrected chi connectivity index (χ4v) is 2.19. The lowest BCUT2D eigenvalue weighted by molar-refractivity contribution is -0.146. The average Bonchev–Trinajstić information content (AvgIpc) is 2.78. The molecule has 0 saturated carbocycles. The van der Waals surface area contributed by atoms with Crippen molar-refractivity contribution in [2.75, 3.05) is 18.5 Å². The van der Waals surface area contributed by atoms with Crippen LogP contribution in [-0.2, 0) is 14.3 Å². The molecule has 1 aromatic carbocycles. The molecular formula is C16H21N3O3. The predicted molar refractivity (Wildman–Crippen MR) is 84.5 cm³/mol. The number of para-hydroxylation sites is 1. The minimum Gasteiger partial charge on any atom is -0.465 e. The summed E-state index contributed by atoms with van der Waals surface area (Å²) in [5.74, 6) is -0.167. The number of hydrogen-bond acceptors (Lipinski definition) is 5. The van der Waals surface area contributed by atoms with Crippen molar-refractivity contribution in [1.29, 1.82) is 0 Å². The van der Waals surface area contributed by atoms with Gasteiger partial charge in [0.1, 0.15) is 12.6 Å². The molecule has 118 valence electrons. The Morgan fingerprint density at radius 3 is 2.64 bits per heavy atom. The number of ether oxygens (including phenoxy) is 1. The number of carbonyl (C=O) groups is 2. The monoisotopic (exact) mass is 303 g/mol. The van der Waals surface area contributed by atoms with Crippen molar-refractivity contribution in [3.8, 4) is 0 Å². The molecule has 0 fully saturated rings. The molecule has 1 amide bonds. The molecular weight excluding hydrogens is 282 g/mol. The van der Waals surface area contributed by atoms with Crippen LogP contribution in [0, 0.1) is 5.92 Å². The van der Waals surface area contributed by atoms with Crippen molar-refractivity contribution in [1.82, 2.24) is 4.90 Å². The largest absolute Gasteiger partial charge is 0.465 e. The molecule has 1 aliphatic heterocycles. The van der Waals surface area contributed by atoms with E-state index in [2.05, 4.69) is 10.3 Å². The first-order valence-electron chi connectivity index (χ1n) is 7.39. The quantitative estimate of drug-likeness (QED) is 0.843. The molecule has 1 N–H and O–H groups in total. The first-order chi connectivity index (χ1) is 10.5. The molecule has 0 aromatic heterocycles. The standard InChI is InChI=1S/C16H21N3O3/c1-4-22-13(20)10-19-15(21)14(11(2)3)18-16(19)17-12-8-6-5-7-9-12/h5-9,11,14H,4,10H2,1-3H3,(H,17,18)/t14-/m0/s1. The van der Waals surface area contributed by atoms with E-state index in [1.54, 1.807) is 6.92 Å². The van der Waals surface area contributed by atoms with Crippen LogP contribution >= 0.6 is 0 Å². The van der Waals surface area contributed by atoms with E-state index in [4.69, 9.17) is 4.74 Å². The second kappa shape index (κ2) is 7.06. The molecule has 1 aliphatic rings. The summed E-state index contributed by atoms with van der Waals surface area (Å²) < 4.78 is 4.93. The third-order valence-electron chi connectivity index (χ3n) is 3.29. The predicted octanol–water partition coefficient (Wildman–Crippen LogP) is 1.88. The number of guanidine groups is 1. The van der Waals surface area contributed by atoms with Crippen molar-refractivity contribution in [2.24, 2.45) is 10.9 Å². The van der Waals surface area contributed by atoms with Crippen LogP contribution in [0.15, 0.2) is 35.3 Å². The van der Waals surface area contributed by atoms with Gasteiger partial charge in [-0.15, -0.1) is 0 Å². The van der Waals surface area contributed by atoms with Gasteiger partial charge < -0.3 is 10.1 Å². The van der Waals surface area contributed by atoms with Crippen molar-refractivity contribution >= 4 is 23.5 Å². The van der Waals surface area contributed by atoms with E-state index in [0.29, 0.717) is 5.96 Å². The summed E-state index contributed by atoms with van der Waals surface area (Å²) in [6.45, 7) is 5.75. The van der Waals surface area contributed by atoms with Gasteiger partial charge in [-0.3, -0.25) is 14.5 Å². The minimum atomic E-state index is -0.472. The molecule has 0 bridgehead atoms. The first kappa shape index (κ1) is 16.0. The molecule has 6 nitrogen and oxygen atoms in total.